The lowest BCUT2D eigenvalue weighted by Crippen LogP contribution is -2.44. The fourth-order valence-corrected chi connectivity index (χ4v) is 4.50. The summed E-state index contributed by atoms with van der Waals surface area (Å²) in [5, 5.41) is 16.0. The largest absolute Gasteiger partial charge is 0.378 e. The Kier molecular flexibility index (Phi) is 6.33. The minimum absolute atomic E-state index is 0.306. The van der Waals surface area contributed by atoms with Crippen molar-refractivity contribution >= 4 is 0 Å². The Balaban J connectivity index is 1.75. The second-order valence-electron chi connectivity index (χ2n) is 8.01. The van der Waals surface area contributed by atoms with E-state index in [1.54, 1.807) is 24.8 Å². The molecule has 2 N–H and O–H groups in total. The van der Waals surface area contributed by atoms with Crippen LogP contribution in [0.4, 0.5) is 0 Å². The molecule has 1 unspecified atom stereocenters. The average molecular weight is 388 g/mol. The number of aromatic nitrogens is 2. The molecule has 150 valence electrons. The van der Waals surface area contributed by atoms with Gasteiger partial charge in [0.25, 0.3) is 0 Å². The SMILES string of the molecule is OC(c1cccnc1)(c1cccnc1)C(NCC1CCCCC1)c1ccccc1. The van der Waals surface area contributed by atoms with Crippen LogP contribution in [0.3, 0.4) is 0 Å². The molecule has 1 saturated carbocycles. The van der Waals surface area contributed by atoms with Crippen LogP contribution >= 0.6 is 0 Å². The quantitative estimate of drug-likeness (QED) is 0.621. The summed E-state index contributed by atoms with van der Waals surface area (Å²) in [5.41, 5.74) is 1.30. The molecule has 4 rings (SSSR count). The van der Waals surface area contributed by atoms with Crippen LogP contribution in [0.15, 0.2) is 79.4 Å². The number of nitrogens with zero attached hydrogens (tertiary/aromatic N) is 2. The lowest BCUT2D eigenvalue weighted by molar-refractivity contribution is 0.0333. The highest BCUT2D eigenvalue weighted by atomic mass is 16.3. The number of benzene rings is 1. The first-order valence-corrected chi connectivity index (χ1v) is 10.6. The molecule has 2 heterocycles. The minimum Gasteiger partial charge on any atom is -0.378 e. The molecule has 1 aliphatic rings. The van der Waals surface area contributed by atoms with Crippen molar-refractivity contribution in [1.29, 1.82) is 0 Å². The Labute approximate surface area is 173 Å². The zero-order chi connectivity index (χ0) is 19.9. The highest BCUT2D eigenvalue weighted by Gasteiger charge is 2.41. The van der Waals surface area contributed by atoms with Crippen LogP contribution in [-0.4, -0.2) is 21.6 Å². The lowest BCUT2D eigenvalue weighted by Gasteiger charge is -2.39. The van der Waals surface area contributed by atoms with Crippen LogP contribution in [0.25, 0.3) is 0 Å². The van der Waals surface area contributed by atoms with Gasteiger partial charge >= 0.3 is 0 Å². The van der Waals surface area contributed by atoms with Gasteiger partial charge in [-0.3, -0.25) is 9.97 Å². The van der Waals surface area contributed by atoms with Gasteiger partial charge in [-0.15, -0.1) is 0 Å². The van der Waals surface area contributed by atoms with E-state index in [4.69, 9.17) is 0 Å². The molecule has 2 aromatic heterocycles. The van der Waals surface area contributed by atoms with Crippen molar-refractivity contribution in [2.45, 2.75) is 43.7 Å². The molecule has 29 heavy (non-hydrogen) atoms. The molecule has 1 fully saturated rings. The Morgan fingerprint density at radius 1 is 0.862 bits per heavy atom. The molecule has 0 bridgehead atoms. The third kappa shape index (κ3) is 4.39. The summed E-state index contributed by atoms with van der Waals surface area (Å²) in [6, 6.07) is 17.5. The molecule has 4 nitrogen and oxygen atoms in total. The molecule has 4 heteroatoms. The number of aliphatic hydroxyl groups is 1. The minimum atomic E-state index is -1.28. The summed E-state index contributed by atoms with van der Waals surface area (Å²) >= 11 is 0. The summed E-state index contributed by atoms with van der Waals surface area (Å²) in [4.78, 5) is 8.59. The van der Waals surface area contributed by atoms with Crippen LogP contribution < -0.4 is 5.32 Å². The summed E-state index contributed by atoms with van der Waals surface area (Å²) in [5.74, 6) is 0.655. The van der Waals surface area contributed by atoms with Gasteiger partial charge in [0.2, 0.25) is 0 Å². The van der Waals surface area contributed by atoms with Crippen LogP contribution in [-0.2, 0) is 5.60 Å². The molecule has 3 aromatic rings. The van der Waals surface area contributed by atoms with Crippen LogP contribution in [0, 0.1) is 5.92 Å². The van der Waals surface area contributed by atoms with Gasteiger partial charge in [-0.05, 0) is 43.0 Å². The van der Waals surface area contributed by atoms with Crippen LogP contribution in [0.2, 0.25) is 0 Å². The van der Waals surface area contributed by atoms with Crippen molar-refractivity contribution in [2.24, 2.45) is 5.92 Å². The standard InChI is InChI=1S/C25H29N3O/c29-25(22-13-7-15-26-18-22,23-14-8-16-27-19-23)24(21-11-5-2-6-12-21)28-17-20-9-3-1-4-10-20/h2,5-8,11-16,18-20,24,28-29H,1,3-4,9-10,17H2. The molecule has 0 aliphatic heterocycles. The maximum absolute atomic E-state index is 12.3. The fourth-order valence-electron chi connectivity index (χ4n) is 4.50. The Morgan fingerprint density at radius 3 is 2.03 bits per heavy atom. The lowest BCUT2D eigenvalue weighted by atomic mass is 9.78. The van der Waals surface area contributed by atoms with Gasteiger partial charge in [0, 0.05) is 35.9 Å². The third-order valence-corrected chi connectivity index (χ3v) is 6.09. The maximum Gasteiger partial charge on any atom is 0.137 e. The monoisotopic (exact) mass is 387 g/mol. The summed E-state index contributed by atoms with van der Waals surface area (Å²) in [7, 11) is 0. The summed E-state index contributed by atoms with van der Waals surface area (Å²) in [6.07, 6.45) is 13.4. The first kappa shape index (κ1) is 19.7. The highest BCUT2D eigenvalue weighted by molar-refractivity contribution is 5.39. The van der Waals surface area contributed by atoms with Gasteiger partial charge in [0.15, 0.2) is 0 Å². The topological polar surface area (TPSA) is 58.0 Å². The fraction of sp³-hybridized carbons (Fsp3) is 0.360. The van der Waals surface area contributed by atoms with Gasteiger partial charge in [0.1, 0.15) is 5.60 Å². The first-order valence-electron chi connectivity index (χ1n) is 10.6. The molecule has 1 aliphatic carbocycles. The van der Waals surface area contributed by atoms with Gasteiger partial charge in [-0.2, -0.15) is 0 Å². The first-order chi connectivity index (χ1) is 14.3. The predicted molar refractivity (Wildman–Crippen MR) is 115 cm³/mol. The number of rotatable bonds is 7. The van der Waals surface area contributed by atoms with Crippen molar-refractivity contribution in [1.82, 2.24) is 15.3 Å². The van der Waals surface area contributed by atoms with Crippen LogP contribution in [0.1, 0.15) is 54.8 Å². The molecule has 0 spiro atoms. The van der Waals surface area contributed by atoms with Crippen molar-refractivity contribution in [2.75, 3.05) is 6.54 Å². The van der Waals surface area contributed by atoms with Crippen molar-refractivity contribution < 1.29 is 5.11 Å². The van der Waals surface area contributed by atoms with E-state index in [1.807, 2.05) is 42.5 Å². The van der Waals surface area contributed by atoms with Crippen molar-refractivity contribution in [3.05, 3.63) is 96.1 Å². The highest BCUT2D eigenvalue weighted by Crippen LogP contribution is 2.41. The zero-order valence-electron chi connectivity index (χ0n) is 16.7. The summed E-state index contributed by atoms with van der Waals surface area (Å²) in [6.45, 7) is 0.891. The zero-order valence-corrected chi connectivity index (χ0v) is 16.7. The Morgan fingerprint density at radius 2 is 1.48 bits per heavy atom. The predicted octanol–water partition coefficient (Wildman–Crippen LogP) is 4.62. The van der Waals surface area contributed by atoms with E-state index in [2.05, 4.69) is 27.4 Å². The average Bonchev–Trinajstić information content (AvgIpc) is 2.81. The normalized spacial score (nSPS) is 16.4. The Hall–Kier alpha value is -2.56. The molecule has 0 amide bonds. The molecule has 0 radical (unpaired) electrons. The molecule has 1 atom stereocenters. The van der Waals surface area contributed by atoms with Gasteiger partial charge < -0.3 is 10.4 Å². The van der Waals surface area contributed by atoms with E-state index < -0.39 is 5.60 Å². The van der Waals surface area contributed by atoms with E-state index in [-0.39, 0.29) is 6.04 Å². The van der Waals surface area contributed by atoms with E-state index in [0.717, 1.165) is 23.2 Å². The molecular formula is C25H29N3O. The summed E-state index contributed by atoms with van der Waals surface area (Å²) < 4.78 is 0. The number of pyridine rings is 2. The second-order valence-corrected chi connectivity index (χ2v) is 8.01. The number of hydrogen-bond acceptors (Lipinski definition) is 4. The van der Waals surface area contributed by atoms with Crippen LogP contribution in [0.5, 0.6) is 0 Å². The molecule has 1 aromatic carbocycles. The van der Waals surface area contributed by atoms with Gasteiger partial charge in [0.05, 0.1) is 6.04 Å². The van der Waals surface area contributed by atoms with Crippen molar-refractivity contribution in [3.63, 3.8) is 0 Å². The molecule has 0 saturated heterocycles. The van der Waals surface area contributed by atoms with E-state index >= 15 is 0 Å². The van der Waals surface area contributed by atoms with E-state index in [9.17, 15) is 5.11 Å². The smallest absolute Gasteiger partial charge is 0.137 e. The number of hydrogen-bond donors (Lipinski definition) is 2. The van der Waals surface area contributed by atoms with Gasteiger partial charge in [-0.25, -0.2) is 0 Å². The van der Waals surface area contributed by atoms with Gasteiger partial charge in [-0.1, -0.05) is 61.7 Å². The maximum atomic E-state index is 12.3. The number of nitrogens with one attached hydrogen (secondary N) is 1. The molecular weight excluding hydrogens is 358 g/mol. The van der Waals surface area contributed by atoms with Crippen molar-refractivity contribution in [3.8, 4) is 0 Å². The van der Waals surface area contributed by atoms with E-state index in [0.29, 0.717) is 5.92 Å². The van der Waals surface area contributed by atoms with E-state index in [1.165, 1.54) is 32.1 Å². The third-order valence-electron chi connectivity index (χ3n) is 6.09. The second kappa shape index (κ2) is 9.29. The Bertz CT molecular complexity index is 825.